The number of nitrogens with one attached hydrogen (secondary N) is 1. The number of carbonyl (C=O) groups excluding carboxylic acids is 4. The molecule has 3 rings (SSSR count). The standard InChI is InChI=1S/C27H31N2O9/c1-16(2)14-36-27(33)38-23-21(34-4)10-11-28-22(23)24(30)29-20-15-35-25(31)19(12-17(3)37-26(20)32)13-18-8-6-5-7-9-18/h5-12,16-17,19-20H,13-15H2,1-4H3,(H,29,30)/t17-,19-,20-/m0/s1. The lowest BCUT2D eigenvalue weighted by atomic mass is 9.94. The molecular weight excluding hydrogens is 496 g/mol. The maximum atomic E-state index is 13.1. The number of hydrogen-bond donors (Lipinski definition) is 1. The van der Waals surface area contributed by atoms with Crippen molar-refractivity contribution >= 4 is 24.0 Å². The lowest BCUT2D eigenvalue weighted by Gasteiger charge is -2.19. The lowest BCUT2D eigenvalue weighted by Crippen LogP contribution is -2.46. The minimum atomic E-state index is -1.34. The Bertz CT molecular complexity index is 1140. The summed E-state index contributed by atoms with van der Waals surface area (Å²) in [6, 6.07) is 9.40. The summed E-state index contributed by atoms with van der Waals surface area (Å²) >= 11 is 0. The molecular formula is C27H31N2O9. The fourth-order valence-electron chi connectivity index (χ4n) is 3.60. The summed E-state index contributed by atoms with van der Waals surface area (Å²) < 4.78 is 26.2. The highest BCUT2D eigenvalue weighted by Crippen LogP contribution is 2.30. The molecule has 1 radical (unpaired) electrons. The summed E-state index contributed by atoms with van der Waals surface area (Å²) in [5.41, 5.74) is 0.572. The molecule has 2 aromatic rings. The first-order chi connectivity index (χ1) is 18.2. The van der Waals surface area contributed by atoms with Gasteiger partial charge in [0.25, 0.3) is 5.91 Å². The SMILES string of the molecule is COc1ccnc(C(=O)N[C@H]2COC(=O)[C@H](Cc3ccccc3)[CH][C@H](C)OC2=O)c1OC(=O)OCC(C)C. The van der Waals surface area contributed by atoms with E-state index in [9.17, 15) is 19.2 Å². The molecule has 0 aliphatic carbocycles. The van der Waals surface area contributed by atoms with Crippen LogP contribution < -0.4 is 14.8 Å². The molecule has 1 aliphatic rings. The van der Waals surface area contributed by atoms with Gasteiger partial charge in [-0.05, 0) is 24.8 Å². The van der Waals surface area contributed by atoms with Crippen molar-refractivity contribution in [2.24, 2.45) is 11.8 Å². The van der Waals surface area contributed by atoms with Crippen molar-refractivity contribution in [3.63, 3.8) is 0 Å². The van der Waals surface area contributed by atoms with E-state index in [0.29, 0.717) is 6.42 Å². The first-order valence-electron chi connectivity index (χ1n) is 12.1. The van der Waals surface area contributed by atoms with Gasteiger partial charge in [-0.1, -0.05) is 44.2 Å². The molecule has 3 atom stereocenters. The number of benzene rings is 1. The van der Waals surface area contributed by atoms with E-state index >= 15 is 0 Å². The first kappa shape index (κ1) is 28.4. The van der Waals surface area contributed by atoms with Crippen LogP contribution in [0.1, 0.15) is 36.8 Å². The normalized spacial score (nSPS) is 19.8. The van der Waals surface area contributed by atoms with Crippen LogP contribution in [0.3, 0.4) is 0 Å². The topological polar surface area (TPSA) is 139 Å². The molecule has 1 aromatic heterocycles. The zero-order chi connectivity index (χ0) is 27.7. The third-order valence-corrected chi connectivity index (χ3v) is 5.41. The predicted molar refractivity (Wildman–Crippen MR) is 133 cm³/mol. The van der Waals surface area contributed by atoms with Gasteiger partial charge in [0.05, 0.1) is 19.6 Å². The highest BCUT2D eigenvalue weighted by Gasteiger charge is 2.34. The van der Waals surface area contributed by atoms with Crippen LogP contribution in [0, 0.1) is 18.3 Å². The van der Waals surface area contributed by atoms with E-state index in [2.05, 4.69) is 10.3 Å². The van der Waals surface area contributed by atoms with E-state index in [1.54, 1.807) is 13.3 Å². The Morgan fingerprint density at radius 3 is 2.55 bits per heavy atom. The third-order valence-electron chi connectivity index (χ3n) is 5.41. The van der Waals surface area contributed by atoms with E-state index in [-0.39, 0.29) is 29.7 Å². The van der Waals surface area contributed by atoms with Crippen molar-refractivity contribution in [2.45, 2.75) is 39.3 Å². The second kappa shape index (κ2) is 13.4. The number of methoxy groups -OCH3 is 1. The number of carbonyl (C=O) groups is 4. The molecule has 0 saturated carbocycles. The predicted octanol–water partition coefficient (Wildman–Crippen LogP) is 2.91. The molecule has 1 saturated heterocycles. The maximum absolute atomic E-state index is 13.1. The molecule has 0 bridgehead atoms. The number of ether oxygens (including phenoxy) is 5. The highest BCUT2D eigenvalue weighted by atomic mass is 16.7. The summed E-state index contributed by atoms with van der Waals surface area (Å²) in [5.74, 6) is -3.10. The Kier molecular flexibility index (Phi) is 10.0. The number of amides is 1. The number of pyridine rings is 1. The summed E-state index contributed by atoms with van der Waals surface area (Å²) in [4.78, 5) is 54.9. The van der Waals surface area contributed by atoms with Gasteiger partial charge >= 0.3 is 18.1 Å². The van der Waals surface area contributed by atoms with Gasteiger partial charge in [-0.2, -0.15) is 0 Å². The molecule has 0 unspecified atom stereocenters. The number of nitrogens with zero attached hydrogens (tertiary/aromatic N) is 1. The molecule has 11 heteroatoms. The average Bonchev–Trinajstić information content (AvgIpc) is 2.93. The van der Waals surface area contributed by atoms with Crippen molar-refractivity contribution in [3.8, 4) is 11.5 Å². The van der Waals surface area contributed by atoms with Gasteiger partial charge in [-0.25, -0.2) is 14.6 Å². The second-order valence-electron chi connectivity index (χ2n) is 9.03. The molecule has 1 aromatic carbocycles. The molecule has 1 fully saturated rings. The van der Waals surface area contributed by atoms with Gasteiger partial charge in [0.1, 0.15) is 12.7 Å². The summed E-state index contributed by atoms with van der Waals surface area (Å²) in [6.45, 7) is 4.95. The zero-order valence-corrected chi connectivity index (χ0v) is 21.7. The summed E-state index contributed by atoms with van der Waals surface area (Å²) in [7, 11) is 1.32. The van der Waals surface area contributed by atoms with Crippen LogP contribution >= 0.6 is 0 Å². The lowest BCUT2D eigenvalue weighted by molar-refractivity contribution is -0.152. The Balaban J connectivity index is 1.75. The number of aromatic nitrogens is 1. The number of hydrogen-bond acceptors (Lipinski definition) is 10. The maximum Gasteiger partial charge on any atom is 0.514 e. The summed E-state index contributed by atoms with van der Waals surface area (Å²) in [6.07, 6.45) is 1.44. The van der Waals surface area contributed by atoms with E-state index < -0.39 is 48.7 Å². The van der Waals surface area contributed by atoms with Gasteiger partial charge in [0.2, 0.25) is 5.75 Å². The largest absolute Gasteiger partial charge is 0.514 e. The molecule has 1 N–H and O–H groups in total. The smallest absolute Gasteiger partial charge is 0.493 e. The molecule has 1 amide bonds. The highest BCUT2D eigenvalue weighted by molar-refractivity contribution is 5.98. The quantitative estimate of drug-likeness (QED) is 0.403. The van der Waals surface area contributed by atoms with Crippen molar-refractivity contribution < 1.29 is 42.9 Å². The van der Waals surface area contributed by atoms with E-state index in [4.69, 9.17) is 23.7 Å². The number of rotatable bonds is 8. The van der Waals surface area contributed by atoms with Crippen molar-refractivity contribution in [3.05, 3.63) is 60.3 Å². The third kappa shape index (κ3) is 7.92. The van der Waals surface area contributed by atoms with Gasteiger partial charge in [0, 0.05) is 18.7 Å². The van der Waals surface area contributed by atoms with Crippen LogP contribution in [0.2, 0.25) is 0 Å². The van der Waals surface area contributed by atoms with Crippen molar-refractivity contribution in [1.82, 2.24) is 10.3 Å². The Morgan fingerprint density at radius 2 is 1.87 bits per heavy atom. The molecule has 203 valence electrons. The zero-order valence-electron chi connectivity index (χ0n) is 21.7. The van der Waals surface area contributed by atoms with Crippen LogP contribution in [-0.2, 0) is 30.2 Å². The van der Waals surface area contributed by atoms with Gasteiger partial charge in [-0.15, -0.1) is 0 Å². The molecule has 11 nitrogen and oxygen atoms in total. The van der Waals surface area contributed by atoms with Gasteiger partial charge in [-0.3, -0.25) is 9.59 Å². The average molecular weight is 528 g/mol. The fraction of sp³-hybridized carbons (Fsp3) is 0.407. The van der Waals surface area contributed by atoms with Crippen LogP contribution in [0.5, 0.6) is 11.5 Å². The van der Waals surface area contributed by atoms with Crippen molar-refractivity contribution in [1.29, 1.82) is 0 Å². The first-order valence-corrected chi connectivity index (χ1v) is 12.1. The van der Waals surface area contributed by atoms with Crippen LogP contribution in [0.25, 0.3) is 0 Å². The summed E-state index contributed by atoms with van der Waals surface area (Å²) in [5, 5.41) is 2.45. The van der Waals surface area contributed by atoms with Crippen LogP contribution in [0.15, 0.2) is 42.6 Å². The van der Waals surface area contributed by atoms with E-state index in [0.717, 1.165) is 5.56 Å². The van der Waals surface area contributed by atoms with Crippen LogP contribution in [0.4, 0.5) is 4.79 Å². The molecule has 38 heavy (non-hydrogen) atoms. The Labute approximate surface area is 220 Å². The van der Waals surface area contributed by atoms with Crippen molar-refractivity contribution in [2.75, 3.05) is 20.3 Å². The van der Waals surface area contributed by atoms with E-state index in [1.165, 1.54) is 19.4 Å². The monoisotopic (exact) mass is 527 g/mol. The molecule has 0 spiro atoms. The molecule has 1 aliphatic heterocycles. The van der Waals surface area contributed by atoms with Crippen LogP contribution in [-0.4, -0.2) is 61.5 Å². The Hall–Kier alpha value is -4.15. The second-order valence-corrected chi connectivity index (χ2v) is 9.03. The number of cyclic esters (lactones) is 2. The molecule has 2 heterocycles. The minimum absolute atomic E-state index is 0.0436. The van der Waals surface area contributed by atoms with Gasteiger partial charge < -0.3 is 29.0 Å². The fourth-order valence-corrected chi connectivity index (χ4v) is 3.60. The van der Waals surface area contributed by atoms with E-state index in [1.807, 2.05) is 44.2 Å². The Morgan fingerprint density at radius 1 is 1.13 bits per heavy atom. The number of esters is 2. The minimum Gasteiger partial charge on any atom is -0.493 e. The van der Waals surface area contributed by atoms with Gasteiger partial charge in [0.15, 0.2) is 17.5 Å².